The van der Waals surface area contributed by atoms with Crippen LogP contribution in [0.1, 0.15) is 48.6 Å². The maximum atomic E-state index is 13.7. The molecule has 39 heavy (non-hydrogen) atoms. The van der Waals surface area contributed by atoms with E-state index in [0.29, 0.717) is 34.7 Å². The predicted molar refractivity (Wildman–Crippen MR) is 154 cm³/mol. The summed E-state index contributed by atoms with van der Waals surface area (Å²) < 4.78 is 14.0. The van der Waals surface area contributed by atoms with Gasteiger partial charge in [0.15, 0.2) is 0 Å². The molecular formula is C31H32N4O3S. The number of hydrogen-bond donors (Lipinski definition) is 1. The number of thioether (sulfide) groups is 1. The number of carbonyl (C=O) groups excluding carboxylic acids is 1. The highest BCUT2D eigenvalue weighted by Crippen LogP contribution is 2.40. The van der Waals surface area contributed by atoms with Gasteiger partial charge in [-0.2, -0.15) is 4.98 Å². The lowest BCUT2D eigenvalue weighted by Gasteiger charge is -2.29. The van der Waals surface area contributed by atoms with E-state index >= 15 is 0 Å². The molecule has 0 bridgehead atoms. The van der Waals surface area contributed by atoms with Gasteiger partial charge in [0.1, 0.15) is 25.0 Å². The van der Waals surface area contributed by atoms with Crippen LogP contribution in [0.2, 0.25) is 0 Å². The molecule has 1 aliphatic rings. The number of aromatic nitrogens is 3. The van der Waals surface area contributed by atoms with Crippen LogP contribution in [-0.2, 0) is 22.7 Å². The molecule has 1 aliphatic heterocycles. The topological polar surface area (TPSA) is 78.3 Å². The van der Waals surface area contributed by atoms with Gasteiger partial charge in [-0.3, -0.25) is 0 Å². The van der Waals surface area contributed by atoms with Crippen molar-refractivity contribution in [2.75, 3.05) is 11.1 Å². The lowest BCUT2D eigenvalue weighted by molar-refractivity contribution is -0.140. The molecule has 1 unspecified atom stereocenters. The fraction of sp³-hybridized carbons (Fsp3) is 0.258. The Morgan fingerprint density at radius 1 is 0.974 bits per heavy atom. The summed E-state index contributed by atoms with van der Waals surface area (Å²) in [7, 11) is 0. The number of hydrogen-bond acceptors (Lipinski definition) is 7. The summed E-state index contributed by atoms with van der Waals surface area (Å²) in [6.45, 7) is 6.66. The van der Waals surface area contributed by atoms with Gasteiger partial charge in [0.05, 0.1) is 5.57 Å². The molecule has 2 heterocycles. The monoisotopic (exact) mass is 540 g/mol. The Kier molecular flexibility index (Phi) is 8.32. The van der Waals surface area contributed by atoms with Crippen LogP contribution >= 0.6 is 11.8 Å². The maximum absolute atomic E-state index is 13.7. The van der Waals surface area contributed by atoms with Crippen LogP contribution in [0.4, 0.5) is 5.95 Å². The van der Waals surface area contributed by atoms with E-state index in [4.69, 9.17) is 19.6 Å². The highest BCUT2D eigenvalue weighted by atomic mass is 32.2. The van der Waals surface area contributed by atoms with Gasteiger partial charge in [-0.1, -0.05) is 91.5 Å². The second-order valence-electron chi connectivity index (χ2n) is 9.39. The zero-order valence-corrected chi connectivity index (χ0v) is 23.2. The number of allylic oxidation sites excluding steroid dienone is 1. The zero-order valence-electron chi connectivity index (χ0n) is 22.4. The lowest BCUT2D eigenvalue weighted by Crippen LogP contribution is -2.30. The number of nitrogens with zero attached hydrogens (tertiary/aromatic N) is 3. The first-order valence-electron chi connectivity index (χ1n) is 13.1. The quantitative estimate of drug-likeness (QED) is 0.177. The van der Waals surface area contributed by atoms with Gasteiger partial charge >= 0.3 is 5.97 Å². The summed E-state index contributed by atoms with van der Waals surface area (Å²) in [4.78, 5) is 18.4. The van der Waals surface area contributed by atoms with E-state index in [9.17, 15) is 4.79 Å². The number of esters is 1. The van der Waals surface area contributed by atoms with E-state index in [1.54, 1.807) is 16.4 Å². The Hall–Kier alpha value is -4.04. The van der Waals surface area contributed by atoms with Crippen molar-refractivity contribution in [3.8, 4) is 5.75 Å². The Morgan fingerprint density at radius 2 is 1.72 bits per heavy atom. The number of carbonyl (C=O) groups is 1. The maximum Gasteiger partial charge on any atom is 0.338 e. The molecule has 1 atom stereocenters. The smallest absolute Gasteiger partial charge is 0.338 e. The summed E-state index contributed by atoms with van der Waals surface area (Å²) in [5.41, 5.74) is 5.16. The summed E-state index contributed by atoms with van der Waals surface area (Å²) >= 11 is 1.59. The molecule has 0 saturated carbocycles. The van der Waals surface area contributed by atoms with Crippen molar-refractivity contribution in [2.24, 2.45) is 0 Å². The second-order valence-corrected chi connectivity index (χ2v) is 10.5. The van der Waals surface area contributed by atoms with Gasteiger partial charge in [0, 0.05) is 17.0 Å². The standard InChI is InChI=1S/C31H32N4O3S/c1-4-18-39-31-33-30-32-22(3)27(29(36)38-19-23-13-6-5-7-14-23)28(35(30)34-31)25-16-10-11-17-26(25)37-20-24-15-9-8-12-21(24)2/h5-17,28H,4,18-20H2,1-3H3,(H,32,33,34). The Morgan fingerprint density at radius 3 is 2.51 bits per heavy atom. The normalized spacial score (nSPS) is 14.5. The number of anilines is 1. The van der Waals surface area contributed by atoms with Crippen LogP contribution in [0.25, 0.3) is 0 Å². The molecule has 4 aromatic rings. The van der Waals surface area contributed by atoms with Crippen molar-refractivity contribution in [3.63, 3.8) is 0 Å². The number of ether oxygens (including phenoxy) is 2. The zero-order chi connectivity index (χ0) is 27.2. The van der Waals surface area contributed by atoms with E-state index in [1.165, 1.54) is 0 Å². The van der Waals surface area contributed by atoms with E-state index in [2.05, 4.69) is 31.3 Å². The van der Waals surface area contributed by atoms with Crippen molar-refractivity contribution < 1.29 is 14.3 Å². The van der Waals surface area contributed by atoms with Gasteiger partial charge < -0.3 is 14.8 Å². The first-order chi connectivity index (χ1) is 19.0. The highest BCUT2D eigenvalue weighted by molar-refractivity contribution is 7.99. The van der Waals surface area contributed by atoms with E-state index < -0.39 is 12.0 Å². The fourth-order valence-electron chi connectivity index (χ4n) is 4.50. The molecule has 8 heteroatoms. The Bertz CT molecular complexity index is 1480. The average Bonchev–Trinajstić information content (AvgIpc) is 3.36. The van der Waals surface area contributed by atoms with Crippen LogP contribution in [0, 0.1) is 6.92 Å². The van der Waals surface area contributed by atoms with Crippen molar-refractivity contribution in [1.29, 1.82) is 0 Å². The third-order valence-corrected chi connectivity index (χ3v) is 7.60. The first-order valence-corrected chi connectivity index (χ1v) is 14.1. The molecule has 7 nitrogen and oxygen atoms in total. The van der Waals surface area contributed by atoms with Crippen molar-refractivity contribution >= 4 is 23.7 Å². The summed E-state index contributed by atoms with van der Waals surface area (Å²) in [6, 6.07) is 25.1. The molecule has 1 N–H and O–H groups in total. The molecule has 3 aromatic carbocycles. The van der Waals surface area contributed by atoms with Gasteiger partial charge in [-0.25, -0.2) is 9.48 Å². The van der Waals surface area contributed by atoms with E-state index in [1.807, 2.05) is 73.7 Å². The molecular weight excluding hydrogens is 508 g/mol. The van der Waals surface area contributed by atoms with Gasteiger partial charge in [0.25, 0.3) is 0 Å². The Balaban J connectivity index is 1.51. The Labute approximate surface area is 233 Å². The van der Waals surface area contributed by atoms with Crippen LogP contribution < -0.4 is 10.1 Å². The number of benzene rings is 3. The first kappa shape index (κ1) is 26.6. The molecule has 0 spiro atoms. The van der Waals surface area contributed by atoms with Crippen LogP contribution in [0.5, 0.6) is 5.75 Å². The van der Waals surface area contributed by atoms with Crippen LogP contribution in [-0.4, -0.2) is 26.5 Å². The van der Waals surface area contributed by atoms with Gasteiger partial charge in [-0.15, -0.1) is 5.10 Å². The molecule has 0 fully saturated rings. The summed E-state index contributed by atoms with van der Waals surface area (Å²) in [5.74, 6) is 1.76. The minimum atomic E-state index is -0.568. The number of rotatable bonds is 10. The lowest BCUT2D eigenvalue weighted by atomic mass is 9.95. The molecule has 200 valence electrons. The molecule has 1 aromatic heterocycles. The van der Waals surface area contributed by atoms with E-state index in [0.717, 1.165) is 34.4 Å². The van der Waals surface area contributed by atoms with Gasteiger partial charge in [-0.05, 0) is 43.0 Å². The largest absolute Gasteiger partial charge is 0.489 e. The minimum absolute atomic E-state index is 0.177. The number of para-hydroxylation sites is 1. The number of aryl methyl sites for hydroxylation is 1. The third-order valence-electron chi connectivity index (χ3n) is 6.56. The third kappa shape index (κ3) is 6.01. The summed E-state index contributed by atoms with van der Waals surface area (Å²) in [6.07, 6.45) is 1.01. The summed E-state index contributed by atoms with van der Waals surface area (Å²) in [5, 5.41) is 8.76. The molecule has 0 saturated heterocycles. The average molecular weight is 541 g/mol. The van der Waals surface area contributed by atoms with Crippen LogP contribution in [0.15, 0.2) is 95.3 Å². The number of nitrogens with one attached hydrogen (secondary N) is 1. The van der Waals surface area contributed by atoms with E-state index in [-0.39, 0.29) is 6.61 Å². The minimum Gasteiger partial charge on any atom is -0.489 e. The highest BCUT2D eigenvalue weighted by Gasteiger charge is 2.37. The SMILES string of the molecule is CCCSc1nc2n(n1)C(c1ccccc1OCc1ccccc1C)C(C(=O)OCc1ccccc1)=C(C)N2. The predicted octanol–water partition coefficient (Wildman–Crippen LogP) is 6.70. The van der Waals surface area contributed by atoms with Crippen molar-refractivity contribution in [2.45, 2.75) is 51.6 Å². The fourth-order valence-corrected chi connectivity index (χ4v) is 5.19. The number of fused-ring (bicyclic) bond motifs is 1. The molecule has 0 radical (unpaired) electrons. The second kappa shape index (κ2) is 12.2. The van der Waals surface area contributed by atoms with Crippen molar-refractivity contribution in [3.05, 3.63) is 112 Å². The van der Waals surface area contributed by atoms with Gasteiger partial charge in [0.2, 0.25) is 11.1 Å². The molecule has 0 aliphatic carbocycles. The molecule has 5 rings (SSSR count). The van der Waals surface area contributed by atoms with Crippen molar-refractivity contribution in [1.82, 2.24) is 14.8 Å². The molecule has 0 amide bonds. The van der Waals surface area contributed by atoms with Crippen LogP contribution in [0.3, 0.4) is 0 Å².